The van der Waals surface area contributed by atoms with Crippen molar-refractivity contribution in [1.29, 1.82) is 0 Å². The van der Waals surface area contributed by atoms with Crippen LogP contribution in [-0.2, 0) is 11.2 Å². The molecule has 6 heteroatoms. The van der Waals surface area contributed by atoms with Crippen molar-refractivity contribution in [3.63, 3.8) is 0 Å². The lowest BCUT2D eigenvalue weighted by Gasteiger charge is -2.32. The molecule has 2 aliphatic heterocycles. The van der Waals surface area contributed by atoms with E-state index in [1.807, 2.05) is 39.1 Å². The zero-order chi connectivity index (χ0) is 19.1. The summed E-state index contributed by atoms with van der Waals surface area (Å²) >= 11 is 0. The van der Waals surface area contributed by atoms with E-state index in [9.17, 15) is 4.79 Å². The van der Waals surface area contributed by atoms with Gasteiger partial charge in [0, 0.05) is 12.1 Å². The lowest BCUT2D eigenvalue weighted by molar-refractivity contribution is -0.904. The Balaban J connectivity index is 1.74. The highest BCUT2D eigenvalue weighted by Gasteiger charge is 2.40. The molecule has 2 N–H and O–H groups in total. The maximum Gasteiger partial charge on any atom is 0.287 e. The van der Waals surface area contributed by atoms with E-state index in [1.54, 1.807) is 7.11 Å². The van der Waals surface area contributed by atoms with Crippen molar-refractivity contribution in [2.45, 2.75) is 26.3 Å². The van der Waals surface area contributed by atoms with E-state index in [-0.39, 0.29) is 18.7 Å². The van der Waals surface area contributed by atoms with E-state index >= 15 is 0 Å². The number of likely N-dealkylation sites (N-methyl/N-ethyl adjacent to an activating group) is 1. The monoisotopic (exact) mass is 369 g/mol. The normalized spacial score (nSPS) is 20.1. The number of aryl methyl sites for hydroxylation is 2. The molecule has 1 amide bonds. The summed E-state index contributed by atoms with van der Waals surface area (Å²) in [6, 6.07) is 7.65. The SMILES string of the molecule is COc1c2c(cc3c1[C@@H](C(=O)Nc1ccc(C)cc1C)[NH+](C)CC3)OCO2. The van der Waals surface area contributed by atoms with Gasteiger partial charge < -0.3 is 24.4 Å². The van der Waals surface area contributed by atoms with Crippen molar-refractivity contribution in [3.05, 3.63) is 46.5 Å². The Morgan fingerprint density at radius 1 is 1.26 bits per heavy atom. The first kappa shape index (κ1) is 17.7. The molecule has 0 bridgehead atoms. The maximum absolute atomic E-state index is 13.3. The van der Waals surface area contributed by atoms with Gasteiger partial charge in [0.05, 0.1) is 26.3 Å². The lowest BCUT2D eigenvalue weighted by Crippen LogP contribution is -3.11. The highest BCUT2D eigenvalue weighted by molar-refractivity contribution is 5.96. The topological polar surface area (TPSA) is 61.2 Å². The molecule has 1 unspecified atom stereocenters. The van der Waals surface area contributed by atoms with Crippen LogP contribution in [0.15, 0.2) is 24.3 Å². The molecule has 2 heterocycles. The van der Waals surface area contributed by atoms with Gasteiger partial charge in [-0.15, -0.1) is 0 Å². The van der Waals surface area contributed by atoms with E-state index in [0.717, 1.165) is 40.2 Å². The molecule has 2 aromatic carbocycles. The molecular formula is C21H25N2O4+. The van der Waals surface area contributed by atoms with Crippen molar-refractivity contribution in [2.24, 2.45) is 0 Å². The van der Waals surface area contributed by atoms with Gasteiger partial charge in [0.25, 0.3) is 5.91 Å². The summed E-state index contributed by atoms with van der Waals surface area (Å²) in [6.45, 7) is 5.09. The first-order chi connectivity index (χ1) is 13.0. The Bertz CT molecular complexity index is 910. The Hall–Kier alpha value is -2.73. The predicted octanol–water partition coefficient (Wildman–Crippen LogP) is 1.79. The highest BCUT2D eigenvalue weighted by atomic mass is 16.7. The average molecular weight is 369 g/mol. The molecule has 0 aromatic heterocycles. The molecule has 2 aromatic rings. The van der Waals surface area contributed by atoms with Crippen molar-refractivity contribution < 1.29 is 23.9 Å². The van der Waals surface area contributed by atoms with Crippen LogP contribution in [0, 0.1) is 13.8 Å². The van der Waals surface area contributed by atoms with E-state index < -0.39 is 0 Å². The summed E-state index contributed by atoms with van der Waals surface area (Å²) in [7, 11) is 3.65. The number of ether oxygens (including phenoxy) is 3. The summed E-state index contributed by atoms with van der Waals surface area (Å²) in [5.74, 6) is 1.85. The third kappa shape index (κ3) is 3.00. The number of methoxy groups -OCH3 is 1. The van der Waals surface area contributed by atoms with Crippen LogP contribution in [0.2, 0.25) is 0 Å². The summed E-state index contributed by atoms with van der Waals surface area (Å²) in [5.41, 5.74) is 5.04. The fraction of sp³-hybridized carbons (Fsp3) is 0.381. The Morgan fingerprint density at radius 2 is 2.07 bits per heavy atom. The molecule has 4 rings (SSSR count). The third-order valence-electron chi connectivity index (χ3n) is 5.42. The van der Waals surface area contributed by atoms with Crippen LogP contribution in [0.5, 0.6) is 17.2 Å². The molecule has 2 atom stereocenters. The molecule has 0 saturated carbocycles. The van der Waals surface area contributed by atoms with Gasteiger partial charge in [-0.05, 0) is 37.1 Å². The minimum Gasteiger partial charge on any atom is -0.492 e. The molecule has 0 spiro atoms. The molecule has 2 aliphatic rings. The fourth-order valence-electron chi connectivity index (χ4n) is 4.04. The van der Waals surface area contributed by atoms with Crippen LogP contribution in [0.1, 0.15) is 28.3 Å². The molecular weight excluding hydrogens is 344 g/mol. The van der Waals surface area contributed by atoms with Gasteiger partial charge in [-0.3, -0.25) is 4.79 Å². The smallest absolute Gasteiger partial charge is 0.287 e. The zero-order valence-corrected chi connectivity index (χ0v) is 16.1. The number of benzene rings is 2. The Labute approximate surface area is 159 Å². The van der Waals surface area contributed by atoms with Crippen LogP contribution in [0.4, 0.5) is 5.69 Å². The number of hydrogen-bond donors (Lipinski definition) is 2. The second-order valence-corrected chi connectivity index (χ2v) is 7.30. The molecule has 142 valence electrons. The Morgan fingerprint density at radius 3 is 2.81 bits per heavy atom. The number of hydrogen-bond acceptors (Lipinski definition) is 4. The van der Waals surface area contributed by atoms with Gasteiger partial charge in [0.1, 0.15) is 0 Å². The fourth-order valence-corrected chi connectivity index (χ4v) is 4.04. The number of amides is 1. The van der Waals surface area contributed by atoms with E-state index in [4.69, 9.17) is 14.2 Å². The molecule has 0 aliphatic carbocycles. The number of quaternary nitrogens is 1. The summed E-state index contributed by atoms with van der Waals surface area (Å²) in [5, 5.41) is 3.11. The number of carbonyl (C=O) groups excluding carboxylic acids is 1. The van der Waals surface area contributed by atoms with Gasteiger partial charge in [0.2, 0.25) is 12.5 Å². The third-order valence-corrected chi connectivity index (χ3v) is 5.42. The minimum absolute atomic E-state index is 0.0439. The second kappa shape index (κ2) is 6.78. The zero-order valence-electron chi connectivity index (χ0n) is 16.1. The second-order valence-electron chi connectivity index (χ2n) is 7.30. The van der Waals surface area contributed by atoms with Crippen LogP contribution < -0.4 is 24.4 Å². The van der Waals surface area contributed by atoms with Crippen LogP contribution in [-0.4, -0.2) is 33.4 Å². The largest absolute Gasteiger partial charge is 0.492 e. The number of fused-ring (bicyclic) bond motifs is 2. The van der Waals surface area contributed by atoms with Crippen molar-refractivity contribution in [2.75, 3.05) is 32.8 Å². The number of anilines is 1. The maximum atomic E-state index is 13.3. The molecule has 0 saturated heterocycles. The molecule has 0 radical (unpaired) electrons. The standard InChI is InChI=1S/C21H24N2O4/c1-12-5-6-15(13(2)9-12)22-21(24)18-17-14(7-8-23(18)3)10-16-19(20(17)25-4)27-11-26-16/h5-6,9-10,18H,7-8,11H2,1-4H3,(H,22,24)/p+1/t18-/m0/s1. The van der Waals surface area contributed by atoms with Crippen molar-refractivity contribution in [3.8, 4) is 17.2 Å². The first-order valence-corrected chi connectivity index (χ1v) is 9.19. The van der Waals surface area contributed by atoms with Crippen molar-refractivity contribution in [1.82, 2.24) is 0 Å². The van der Waals surface area contributed by atoms with E-state index in [0.29, 0.717) is 17.2 Å². The minimum atomic E-state index is -0.376. The molecule has 27 heavy (non-hydrogen) atoms. The number of nitrogens with one attached hydrogen (secondary N) is 2. The van der Waals surface area contributed by atoms with E-state index in [1.165, 1.54) is 5.56 Å². The number of carbonyl (C=O) groups is 1. The van der Waals surface area contributed by atoms with Gasteiger partial charge in [-0.2, -0.15) is 0 Å². The quantitative estimate of drug-likeness (QED) is 0.866. The van der Waals surface area contributed by atoms with Crippen LogP contribution >= 0.6 is 0 Å². The van der Waals surface area contributed by atoms with Crippen LogP contribution in [0.3, 0.4) is 0 Å². The lowest BCUT2D eigenvalue weighted by atomic mass is 9.90. The average Bonchev–Trinajstić information content (AvgIpc) is 3.10. The number of rotatable bonds is 3. The predicted molar refractivity (Wildman–Crippen MR) is 102 cm³/mol. The van der Waals surface area contributed by atoms with E-state index in [2.05, 4.69) is 11.4 Å². The van der Waals surface area contributed by atoms with Gasteiger partial charge >= 0.3 is 0 Å². The van der Waals surface area contributed by atoms with Gasteiger partial charge in [0.15, 0.2) is 17.5 Å². The van der Waals surface area contributed by atoms with Gasteiger partial charge in [-0.25, -0.2) is 0 Å². The summed E-state index contributed by atoms with van der Waals surface area (Å²) in [6.07, 6.45) is 0.863. The molecule has 6 nitrogen and oxygen atoms in total. The van der Waals surface area contributed by atoms with Crippen molar-refractivity contribution >= 4 is 11.6 Å². The van der Waals surface area contributed by atoms with Crippen LogP contribution in [0.25, 0.3) is 0 Å². The first-order valence-electron chi connectivity index (χ1n) is 9.19. The highest BCUT2D eigenvalue weighted by Crippen LogP contribution is 2.47. The summed E-state index contributed by atoms with van der Waals surface area (Å²) in [4.78, 5) is 14.4. The molecule has 0 fully saturated rings. The summed E-state index contributed by atoms with van der Waals surface area (Å²) < 4.78 is 16.8. The Kier molecular flexibility index (Phi) is 4.44. The van der Waals surface area contributed by atoms with Gasteiger partial charge in [-0.1, -0.05) is 17.7 Å².